The predicted molar refractivity (Wildman–Crippen MR) is 76.4 cm³/mol. The minimum Gasteiger partial charge on any atom is -0.329 e. The number of fused-ring (bicyclic) bond motifs is 1. The van der Waals surface area contributed by atoms with Gasteiger partial charge in [-0.2, -0.15) is 0 Å². The van der Waals surface area contributed by atoms with Crippen LogP contribution in [0.2, 0.25) is 0 Å². The lowest BCUT2D eigenvalue weighted by Gasteiger charge is -2.21. The Morgan fingerprint density at radius 2 is 1.83 bits per heavy atom. The Bertz CT molecular complexity index is 531. The molecule has 0 radical (unpaired) electrons. The fraction of sp³-hybridized carbons (Fsp3) is 0.375. The van der Waals surface area contributed by atoms with Gasteiger partial charge in [-0.15, -0.1) is 0 Å². The molecular formula is C16H20N2. The van der Waals surface area contributed by atoms with Crippen molar-refractivity contribution >= 4 is 10.8 Å². The van der Waals surface area contributed by atoms with E-state index in [4.69, 9.17) is 5.73 Å². The number of nitrogens with zero attached hydrogens (tertiary/aromatic N) is 1. The summed E-state index contributed by atoms with van der Waals surface area (Å²) < 4.78 is 0. The first kappa shape index (κ1) is 11.7. The summed E-state index contributed by atoms with van der Waals surface area (Å²) in [6, 6.07) is 16.1. The Morgan fingerprint density at radius 1 is 1.06 bits per heavy atom. The van der Waals surface area contributed by atoms with Crippen LogP contribution in [0.25, 0.3) is 10.8 Å². The highest BCUT2D eigenvalue weighted by atomic mass is 15.2. The maximum Gasteiger partial charge on any atom is 0.0237 e. The summed E-state index contributed by atoms with van der Waals surface area (Å²) in [6.45, 7) is 2.80. The maximum absolute atomic E-state index is 5.70. The Hall–Kier alpha value is -1.38. The van der Waals surface area contributed by atoms with Crippen molar-refractivity contribution in [3.8, 4) is 0 Å². The Kier molecular flexibility index (Phi) is 3.31. The van der Waals surface area contributed by atoms with Gasteiger partial charge in [0.1, 0.15) is 0 Å². The second kappa shape index (κ2) is 5.09. The molecule has 0 atom stereocenters. The van der Waals surface area contributed by atoms with E-state index in [1.807, 2.05) is 0 Å². The molecule has 1 saturated carbocycles. The largest absolute Gasteiger partial charge is 0.329 e. The summed E-state index contributed by atoms with van der Waals surface area (Å²) >= 11 is 0. The summed E-state index contributed by atoms with van der Waals surface area (Å²) in [5.74, 6) is 0. The SMILES string of the molecule is NCCN(Cc1ccc2ccccc2c1)C1CC1. The van der Waals surface area contributed by atoms with Crippen LogP contribution < -0.4 is 5.73 Å². The smallest absolute Gasteiger partial charge is 0.0237 e. The van der Waals surface area contributed by atoms with Crippen molar-refractivity contribution in [2.24, 2.45) is 5.73 Å². The third kappa shape index (κ3) is 2.55. The summed E-state index contributed by atoms with van der Waals surface area (Å²) in [7, 11) is 0. The molecule has 0 spiro atoms. The Morgan fingerprint density at radius 3 is 2.56 bits per heavy atom. The quantitative estimate of drug-likeness (QED) is 0.870. The van der Waals surface area contributed by atoms with Gasteiger partial charge >= 0.3 is 0 Å². The van der Waals surface area contributed by atoms with Crippen molar-refractivity contribution in [1.82, 2.24) is 4.90 Å². The molecule has 3 rings (SSSR count). The van der Waals surface area contributed by atoms with Crippen molar-refractivity contribution in [1.29, 1.82) is 0 Å². The molecule has 0 unspecified atom stereocenters. The van der Waals surface area contributed by atoms with Gasteiger partial charge in [0, 0.05) is 25.7 Å². The van der Waals surface area contributed by atoms with Gasteiger partial charge < -0.3 is 5.73 Å². The topological polar surface area (TPSA) is 29.3 Å². The standard InChI is InChI=1S/C16H20N2/c17-9-10-18(16-7-8-16)12-13-5-6-14-3-1-2-4-15(14)11-13/h1-6,11,16H,7-10,12,17H2. The lowest BCUT2D eigenvalue weighted by molar-refractivity contribution is 0.262. The minimum atomic E-state index is 0.754. The molecule has 1 aliphatic carbocycles. The van der Waals surface area contributed by atoms with E-state index in [0.717, 1.165) is 25.7 Å². The number of hydrogen-bond donors (Lipinski definition) is 1. The molecule has 1 fully saturated rings. The van der Waals surface area contributed by atoms with Gasteiger partial charge in [-0.3, -0.25) is 4.90 Å². The summed E-state index contributed by atoms with van der Waals surface area (Å²) in [4.78, 5) is 2.52. The fourth-order valence-corrected chi connectivity index (χ4v) is 2.57. The third-order valence-corrected chi connectivity index (χ3v) is 3.68. The molecule has 2 N–H and O–H groups in total. The molecule has 2 aromatic carbocycles. The van der Waals surface area contributed by atoms with Gasteiger partial charge in [0.2, 0.25) is 0 Å². The lowest BCUT2D eigenvalue weighted by atomic mass is 10.1. The van der Waals surface area contributed by atoms with Crippen molar-refractivity contribution in [2.45, 2.75) is 25.4 Å². The first-order valence-electron chi connectivity index (χ1n) is 6.78. The highest BCUT2D eigenvalue weighted by Gasteiger charge is 2.28. The van der Waals surface area contributed by atoms with E-state index in [2.05, 4.69) is 47.4 Å². The van der Waals surface area contributed by atoms with Crippen molar-refractivity contribution in [3.63, 3.8) is 0 Å². The van der Waals surface area contributed by atoms with Crippen LogP contribution in [0.15, 0.2) is 42.5 Å². The van der Waals surface area contributed by atoms with Crippen LogP contribution >= 0.6 is 0 Å². The monoisotopic (exact) mass is 240 g/mol. The highest BCUT2D eigenvalue weighted by Crippen LogP contribution is 2.28. The average molecular weight is 240 g/mol. The molecule has 0 bridgehead atoms. The molecule has 0 heterocycles. The second-order valence-corrected chi connectivity index (χ2v) is 5.17. The predicted octanol–water partition coefficient (Wildman–Crippen LogP) is 2.76. The van der Waals surface area contributed by atoms with Crippen LogP contribution in [-0.4, -0.2) is 24.0 Å². The number of benzene rings is 2. The molecule has 1 aliphatic rings. The molecule has 2 heteroatoms. The number of hydrogen-bond acceptors (Lipinski definition) is 2. The van der Waals surface area contributed by atoms with Crippen LogP contribution in [0.4, 0.5) is 0 Å². The number of rotatable bonds is 5. The van der Waals surface area contributed by atoms with E-state index < -0.39 is 0 Å². The lowest BCUT2D eigenvalue weighted by Crippen LogP contribution is -2.30. The van der Waals surface area contributed by atoms with Crippen molar-refractivity contribution < 1.29 is 0 Å². The van der Waals surface area contributed by atoms with Crippen LogP contribution in [0.3, 0.4) is 0 Å². The summed E-state index contributed by atoms with van der Waals surface area (Å²) in [5, 5.41) is 2.65. The molecule has 18 heavy (non-hydrogen) atoms. The molecule has 0 aromatic heterocycles. The molecule has 0 amide bonds. The number of nitrogens with two attached hydrogens (primary N) is 1. The fourth-order valence-electron chi connectivity index (χ4n) is 2.57. The molecule has 94 valence electrons. The van der Waals surface area contributed by atoms with Crippen molar-refractivity contribution in [3.05, 3.63) is 48.0 Å². The zero-order valence-electron chi connectivity index (χ0n) is 10.7. The first-order valence-corrected chi connectivity index (χ1v) is 6.78. The van der Waals surface area contributed by atoms with Crippen LogP contribution in [-0.2, 0) is 6.54 Å². The third-order valence-electron chi connectivity index (χ3n) is 3.68. The van der Waals surface area contributed by atoms with Gasteiger partial charge in [-0.1, -0.05) is 36.4 Å². The second-order valence-electron chi connectivity index (χ2n) is 5.17. The Balaban J connectivity index is 1.80. The summed E-state index contributed by atoms with van der Waals surface area (Å²) in [6.07, 6.45) is 2.68. The zero-order chi connectivity index (χ0) is 12.4. The van der Waals surface area contributed by atoms with Gasteiger partial charge in [0.15, 0.2) is 0 Å². The van der Waals surface area contributed by atoms with Crippen LogP contribution in [0.5, 0.6) is 0 Å². The highest BCUT2D eigenvalue weighted by molar-refractivity contribution is 5.82. The summed E-state index contributed by atoms with van der Waals surface area (Å²) in [5.41, 5.74) is 7.09. The zero-order valence-corrected chi connectivity index (χ0v) is 10.7. The molecule has 0 aliphatic heterocycles. The van der Waals surface area contributed by atoms with E-state index in [0.29, 0.717) is 0 Å². The van der Waals surface area contributed by atoms with E-state index in [9.17, 15) is 0 Å². The van der Waals surface area contributed by atoms with E-state index in [1.54, 1.807) is 0 Å². The van der Waals surface area contributed by atoms with Gasteiger partial charge in [-0.05, 0) is 35.2 Å². The van der Waals surface area contributed by atoms with E-state index >= 15 is 0 Å². The minimum absolute atomic E-state index is 0.754. The molecule has 2 nitrogen and oxygen atoms in total. The molecule has 0 saturated heterocycles. The molecule has 2 aromatic rings. The molecular weight excluding hydrogens is 220 g/mol. The van der Waals surface area contributed by atoms with E-state index in [1.165, 1.54) is 29.2 Å². The van der Waals surface area contributed by atoms with Gasteiger partial charge in [0.25, 0.3) is 0 Å². The normalized spacial score (nSPS) is 15.4. The first-order chi connectivity index (χ1) is 8.86. The maximum atomic E-state index is 5.70. The van der Waals surface area contributed by atoms with Gasteiger partial charge in [0.05, 0.1) is 0 Å². The van der Waals surface area contributed by atoms with Crippen LogP contribution in [0.1, 0.15) is 18.4 Å². The Labute approximate surface area is 108 Å². The van der Waals surface area contributed by atoms with Crippen molar-refractivity contribution in [2.75, 3.05) is 13.1 Å². The average Bonchev–Trinajstić information content (AvgIpc) is 3.22. The van der Waals surface area contributed by atoms with Gasteiger partial charge in [-0.25, -0.2) is 0 Å². The van der Waals surface area contributed by atoms with E-state index in [-0.39, 0.29) is 0 Å². The van der Waals surface area contributed by atoms with Crippen LogP contribution in [0, 0.1) is 0 Å².